The predicted molar refractivity (Wildman–Crippen MR) is 126 cm³/mol. The van der Waals surface area contributed by atoms with Crippen LogP contribution < -0.4 is 23.7 Å². The van der Waals surface area contributed by atoms with Crippen LogP contribution in [-0.2, 0) is 4.74 Å². The first-order chi connectivity index (χ1) is 16.5. The average molecular weight is 494 g/mol. The Balaban J connectivity index is 2.07. The van der Waals surface area contributed by atoms with Crippen molar-refractivity contribution in [3.05, 3.63) is 52.1 Å². The molecule has 0 amide bonds. The van der Waals surface area contributed by atoms with E-state index in [4.69, 9.17) is 18.9 Å². The zero-order valence-corrected chi connectivity index (χ0v) is 20.0. The fourth-order valence-electron chi connectivity index (χ4n) is 3.03. The third-order valence-corrected chi connectivity index (χ3v) is 5.51. The number of hydrogen-bond acceptors (Lipinski definition) is 8. The molecule has 0 aliphatic carbocycles. The molecule has 3 rings (SSSR count). The van der Waals surface area contributed by atoms with Gasteiger partial charge in [-0.25, -0.2) is 4.68 Å². The fraction of sp³-hybridized carbons (Fsp3) is 0.304. The monoisotopic (exact) mass is 493 g/mol. The van der Waals surface area contributed by atoms with Crippen molar-refractivity contribution in [1.82, 2.24) is 4.68 Å². The summed E-state index contributed by atoms with van der Waals surface area (Å²) in [6, 6.07) is 9.77. The van der Waals surface area contributed by atoms with Gasteiger partial charge in [0.1, 0.15) is 23.0 Å². The van der Waals surface area contributed by atoms with Gasteiger partial charge in [0, 0.05) is 30.2 Å². The number of thiazole rings is 1. The second-order valence-corrected chi connectivity index (χ2v) is 7.52. The fourth-order valence-corrected chi connectivity index (χ4v) is 3.90. The van der Waals surface area contributed by atoms with E-state index >= 15 is 0 Å². The summed E-state index contributed by atoms with van der Waals surface area (Å²) in [5.74, 6) is 1.69. The van der Waals surface area contributed by atoms with Gasteiger partial charge in [-0.3, -0.25) is 4.99 Å². The Morgan fingerprint density at radius 3 is 2.21 bits per heavy atom. The quantitative estimate of drug-likeness (QED) is 0.295. The van der Waals surface area contributed by atoms with Crippen molar-refractivity contribution in [2.75, 3.05) is 41.6 Å². The van der Waals surface area contributed by atoms with E-state index in [2.05, 4.69) is 14.8 Å². The smallest absolute Gasteiger partial charge is 0.387 e. The lowest BCUT2D eigenvalue weighted by atomic mass is 10.1. The molecule has 3 aromatic rings. The Kier molecular flexibility index (Phi) is 9.00. The number of rotatable bonds is 11. The van der Waals surface area contributed by atoms with Gasteiger partial charge in [0.2, 0.25) is 4.80 Å². The Morgan fingerprint density at radius 1 is 0.971 bits per heavy atom. The van der Waals surface area contributed by atoms with Gasteiger partial charge >= 0.3 is 6.61 Å². The van der Waals surface area contributed by atoms with Gasteiger partial charge < -0.3 is 23.7 Å². The molecule has 0 atom stereocenters. The average Bonchev–Trinajstić information content (AvgIpc) is 3.24. The summed E-state index contributed by atoms with van der Waals surface area (Å²) in [6.07, 6.45) is 1.61. The lowest BCUT2D eigenvalue weighted by molar-refractivity contribution is -0.0498. The number of aromatic nitrogens is 1. The molecular weight excluding hydrogens is 468 g/mol. The van der Waals surface area contributed by atoms with E-state index in [1.165, 1.54) is 23.5 Å². The SMILES string of the molecule is COCCN=c1scc(-c2ccc(OC(F)F)cc2)n1/N=C\c1c(OC)cc(OC)cc1OC. The normalized spacial score (nSPS) is 11.9. The van der Waals surface area contributed by atoms with Crippen LogP contribution in [0.2, 0.25) is 0 Å². The number of nitrogens with zero attached hydrogens (tertiary/aromatic N) is 3. The Labute approximate surface area is 199 Å². The first-order valence-electron chi connectivity index (χ1n) is 10.1. The van der Waals surface area contributed by atoms with Gasteiger partial charge in [0.05, 0.1) is 52.0 Å². The second kappa shape index (κ2) is 12.1. The topological polar surface area (TPSA) is 75.8 Å². The van der Waals surface area contributed by atoms with E-state index in [-0.39, 0.29) is 5.75 Å². The van der Waals surface area contributed by atoms with Crippen LogP contribution in [0.3, 0.4) is 0 Å². The van der Waals surface area contributed by atoms with E-state index in [0.717, 1.165) is 5.56 Å². The first-order valence-corrected chi connectivity index (χ1v) is 11.0. The Hall–Kier alpha value is -3.44. The van der Waals surface area contributed by atoms with Gasteiger partial charge in [0.15, 0.2) is 0 Å². The van der Waals surface area contributed by atoms with Crippen molar-refractivity contribution in [2.45, 2.75) is 6.61 Å². The molecule has 0 aliphatic heterocycles. The zero-order valence-electron chi connectivity index (χ0n) is 19.2. The number of hydrogen-bond donors (Lipinski definition) is 0. The minimum absolute atomic E-state index is 0.0711. The van der Waals surface area contributed by atoms with Crippen LogP contribution in [0.4, 0.5) is 8.78 Å². The van der Waals surface area contributed by atoms with Crippen LogP contribution in [0, 0.1) is 0 Å². The molecule has 2 aromatic carbocycles. The third-order valence-electron chi connectivity index (χ3n) is 4.66. The van der Waals surface area contributed by atoms with E-state index in [1.54, 1.807) is 63.6 Å². The molecule has 11 heteroatoms. The molecule has 0 saturated heterocycles. The van der Waals surface area contributed by atoms with E-state index in [1.807, 2.05) is 5.38 Å². The second-order valence-electron chi connectivity index (χ2n) is 6.68. The highest BCUT2D eigenvalue weighted by Gasteiger charge is 2.13. The van der Waals surface area contributed by atoms with Gasteiger partial charge in [-0.15, -0.1) is 11.3 Å². The molecule has 0 spiro atoms. The molecule has 1 aromatic heterocycles. The summed E-state index contributed by atoms with van der Waals surface area (Å²) in [5.41, 5.74) is 2.07. The van der Waals surface area contributed by atoms with Crippen molar-refractivity contribution in [2.24, 2.45) is 10.1 Å². The maximum atomic E-state index is 12.5. The molecule has 0 fully saturated rings. The molecule has 0 N–H and O–H groups in total. The van der Waals surface area contributed by atoms with Crippen molar-refractivity contribution in [3.63, 3.8) is 0 Å². The van der Waals surface area contributed by atoms with Crippen molar-refractivity contribution in [1.29, 1.82) is 0 Å². The van der Waals surface area contributed by atoms with Gasteiger partial charge in [-0.05, 0) is 24.3 Å². The number of halogens is 2. The number of methoxy groups -OCH3 is 4. The van der Waals surface area contributed by atoms with E-state index in [9.17, 15) is 8.78 Å². The standard InChI is InChI=1S/C23H25F2N3O5S/c1-29-10-9-26-23-28(19(14-34-23)15-5-7-16(8-6-15)33-22(24)25)27-13-18-20(31-3)11-17(30-2)12-21(18)32-4/h5-8,11-14,22H,9-10H2,1-4H3/b26-23?,27-13-. The Bertz CT molecular complexity index is 1150. The summed E-state index contributed by atoms with van der Waals surface area (Å²) in [5, 5.41) is 6.53. The third kappa shape index (κ3) is 6.12. The maximum absolute atomic E-state index is 12.5. The van der Waals surface area contributed by atoms with E-state index in [0.29, 0.717) is 46.5 Å². The highest BCUT2D eigenvalue weighted by Crippen LogP contribution is 2.33. The van der Waals surface area contributed by atoms with Crippen LogP contribution in [0.25, 0.3) is 11.3 Å². The minimum atomic E-state index is -2.89. The molecule has 1 heterocycles. The van der Waals surface area contributed by atoms with Crippen molar-refractivity contribution in [3.8, 4) is 34.3 Å². The molecule has 0 radical (unpaired) electrons. The molecule has 0 aliphatic rings. The molecule has 34 heavy (non-hydrogen) atoms. The van der Waals surface area contributed by atoms with Crippen LogP contribution in [0.15, 0.2) is 51.9 Å². The highest BCUT2D eigenvalue weighted by molar-refractivity contribution is 7.07. The minimum Gasteiger partial charge on any atom is -0.496 e. The number of alkyl halides is 2. The summed E-state index contributed by atoms with van der Waals surface area (Å²) in [7, 11) is 6.25. The van der Waals surface area contributed by atoms with E-state index < -0.39 is 6.61 Å². The van der Waals surface area contributed by atoms with Gasteiger partial charge in [-0.1, -0.05) is 0 Å². The predicted octanol–water partition coefficient (Wildman–Crippen LogP) is 4.27. The maximum Gasteiger partial charge on any atom is 0.387 e. The van der Waals surface area contributed by atoms with Crippen molar-refractivity contribution < 1.29 is 32.5 Å². The molecule has 0 unspecified atom stereocenters. The number of benzene rings is 2. The highest BCUT2D eigenvalue weighted by atomic mass is 32.1. The van der Waals surface area contributed by atoms with Crippen molar-refractivity contribution >= 4 is 17.6 Å². The lowest BCUT2D eigenvalue weighted by Crippen LogP contribution is -2.14. The zero-order chi connectivity index (χ0) is 24.5. The van der Waals surface area contributed by atoms with Crippen LogP contribution in [0.1, 0.15) is 5.56 Å². The van der Waals surface area contributed by atoms with Crippen LogP contribution in [-0.4, -0.2) is 59.1 Å². The molecule has 8 nitrogen and oxygen atoms in total. The van der Waals surface area contributed by atoms with Crippen LogP contribution >= 0.6 is 11.3 Å². The summed E-state index contributed by atoms with van der Waals surface area (Å²) < 4.78 is 52.5. The van der Waals surface area contributed by atoms with Gasteiger partial charge in [0.25, 0.3) is 0 Å². The van der Waals surface area contributed by atoms with Gasteiger partial charge in [-0.2, -0.15) is 13.9 Å². The largest absolute Gasteiger partial charge is 0.496 e. The molecule has 0 saturated carbocycles. The summed E-state index contributed by atoms with van der Waals surface area (Å²) >= 11 is 1.39. The first kappa shape index (κ1) is 25.2. The summed E-state index contributed by atoms with van der Waals surface area (Å²) in [4.78, 5) is 5.19. The molecule has 182 valence electrons. The van der Waals surface area contributed by atoms with Crippen LogP contribution in [0.5, 0.6) is 23.0 Å². The molecule has 0 bridgehead atoms. The Morgan fingerprint density at radius 2 is 1.65 bits per heavy atom. The number of ether oxygens (including phenoxy) is 5. The molecular formula is C23H25F2N3O5S. The lowest BCUT2D eigenvalue weighted by Gasteiger charge is -2.12. The summed E-state index contributed by atoms with van der Waals surface area (Å²) in [6.45, 7) is -1.99.